The second kappa shape index (κ2) is 5.66. The number of rotatable bonds is 5. The van der Waals surface area contributed by atoms with Gasteiger partial charge in [0.1, 0.15) is 5.82 Å². The van der Waals surface area contributed by atoms with Crippen LogP contribution in [-0.4, -0.2) is 27.3 Å². The van der Waals surface area contributed by atoms with Gasteiger partial charge in [-0.2, -0.15) is 4.37 Å². The van der Waals surface area contributed by atoms with Crippen molar-refractivity contribution < 1.29 is 0 Å². The molecule has 0 fully saturated rings. The van der Waals surface area contributed by atoms with Crippen molar-refractivity contribution in [3.05, 3.63) is 5.82 Å². The molecule has 0 aliphatic rings. The molecule has 0 atom stereocenters. The van der Waals surface area contributed by atoms with Gasteiger partial charge in [0.25, 0.3) is 0 Å². The third kappa shape index (κ3) is 2.92. The molecule has 0 aromatic carbocycles. The van der Waals surface area contributed by atoms with Crippen molar-refractivity contribution in [2.45, 2.75) is 33.2 Å². The maximum absolute atomic E-state index is 4.48. The van der Waals surface area contributed by atoms with Crippen molar-refractivity contribution in [3.8, 4) is 0 Å². The Morgan fingerprint density at radius 2 is 2.21 bits per heavy atom. The predicted octanol–water partition coefficient (Wildman–Crippen LogP) is 2.71. The summed E-state index contributed by atoms with van der Waals surface area (Å²) in [7, 11) is 0. The first-order chi connectivity index (χ1) is 6.69. The summed E-state index contributed by atoms with van der Waals surface area (Å²) < 4.78 is 4.29. The van der Waals surface area contributed by atoms with E-state index < -0.39 is 0 Å². The molecule has 0 radical (unpaired) electrons. The zero-order chi connectivity index (χ0) is 10.6. The lowest BCUT2D eigenvalue weighted by Gasteiger charge is -2.24. The Labute approximate surface area is 97.8 Å². The number of alkyl halides is 1. The summed E-state index contributed by atoms with van der Waals surface area (Å²) in [4.78, 5) is 6.75. The Kier molecular flexibility index (Phi) is 4.81. The van der Waals surface area contributed by atoms with Crippen LogP contribution in [0.25, 0.3) is 0 Å². The first kappa shape index (κ1) is 11.9. The molecule has 0 aliphatic carbocycles. The van der Waals surface area contributed by atoms with Gasteiger partial charge in [0.15, 0.2) is 0 Å². The van der Waals surface area contributed by atoms with Gasteiger partial charge >= 0.3 is 0 Å². The molecule has 5 heteroatoms. The molecule has 0 N–H and O–H groups in total. The minimum absolute atomic E-state index is 0.477. The maximum atomic E-state index is 4.48. The van der Waals surface area contributed by atoms with Gasteiger partial charge in [0, 0.05) is 35.9 Å². The van der Waals surface area contributed by atoms with E-state index in [1.165, 1.54) is 11.5 Å². The molecule has 1 aromatic heterocycles. The fraction of sp³-hybridized carbons (Fsp3) is 0.778. The lowest BCUT2D eigenvalue weighted by atomic mass is 10.3. The van der Waals surface area contributed by atoms with Crippen LogP contribution in [0.1, 0.15) is 26.6 Å². The van der Waals surface area contributed by atoms with Crippen LogP contribution >= 0.6 is 27.5 Å². The molecule has 0 saturated heterocycles. The number of hydrogen-bond donors (Lipinski definition) is 0. The number of aromatic nitrogens is 2. The van der Waals surface area contributed by atoms with Gasteiger partial charge < -0.3 is 4.90 Å². The predicted molar refractivity (Wildman–Crippen MR) is 65.6 cm³/mol. The summed E-state index contributed by atoms with van der Waals surface area (Å²) >= 11 is 4.95. The number of nitrogens with zero attached hydrogens (tertiary/aromatic N) is 3. The zero-order valence-electron chi connectivity index (χ0n) is 8.83. The van der Waals surface area contributed by atoms with Crippen LogP contribution in [0.4, 0.5) is 5.13 Å². The van der Waals surface area contributed by atoms with E-state index in [4.69, 9.17) is 0 Å². The topological polar surface area (TPSA) is 29.0 Å². The summed E-state index contributed by atoms with van der Waals surface area (Å²) in [5.74, 6) is 0.949. The van der Waals surface area contributed by atoms with Crippen LogP contribution in [0.5, 0.6) is 0 Å². The summed E-state index contributed by atoms with van der Waals surface area (Å²) in [6.45, 7) is 7.41. The van der Waals surface area contributed by atoms with E-state index >= 15 is 0 Å². The third-order valence-electron chi connectivity index (χ3n) is 1.97. The van der Waals surface area contributed by atoms with Gasteiger partial charge in [-0.15, -0.1) is 0 Å². The molecule has 0 bridgehead atoms. The van der Waals surface area contributed by atoms with Gasteiger partial charge in [-0.1, -0.05) is 22.9 Å². The molecule has 1 rings (SSSR count). The molecular formula is C9H16BrN3S. The standard InChI is InChI=1S/C9H16BrN3S/c1-4-8-11-9(14-12-8)13(6-5-10)7(2)3/h7H,4-6H2,1-3H3. The van der Waals surface area contributed by atoms with Crippen LogP contribution < -0.4 is 4.90 Å². The highest BCUT2D eigenvalue weighted by Gasteiger charge is 2.14. The quantitative estimate of drug-likeness (QED) is 0.775. The molecule has 80 valence electrons. The highest BCUT2D eigenvalue weighted by Crippen LogP contribution is 2.19. The minimum Gasteiger partial charge on any atom is -0.344 e. The van der Waals surface area contributed by atoms with Crippen molar-refractivity contribution in [2.24, 2.45) is 0 Å². The Morgan fingerprint density at radius 3 is 2.64 bits per heavy atom. The number of anilines is 1. The summed E-state index contributed by atoms with van der Waals surface area (Å²) in [5, 5.41) is 2.00. The highest BCUT2D eigenvalue weighted by atomic mass is 79.9. The lowest BCUT2D eigenvalue weighted by Crippen LogP contribution is -2.32. The molecule has 1 heterocycles. The average molecular weight is 278 g/mol. The van der Waals surface area contributed by atoms with E-state index in [0.29, 0.717) is 6.04 Å². The van der Waals surface area contributed by atoms with Crippen molar-refractivity contribution in [1.29, 1.82) is 0 Å². The summed E-state index contributed by atoms with van der Waals surface area (Å²) in [5.41, 5.74) is 0. The molecule has 0 aliphatic heterocycles. The fourth-order valence-electron chi connectivity index (χ4n) is 1.17. The second-order valence-corrected chi connectivity index (χ2v) is 4.85. The van der Waals surface area contributed by atoms with E-state index in [1.807, 2.05) is 0 Å². The summed E-state index contributed by atoms with van der Waals surface area (Å²) in [6.07, 6.45) is 0.913. The maximum Gasteiger partial charge on any atom is 0.205 e. The van der Waals surface area contributed by atoms with E-state index in [2.05, 4.69) is 51.0 Å². The number of aryl methyl sites for hydroxylation is 1. The van der Waals surface area contributed by atoms with E-state index in [1.54, 1.807) is 0 Å². The van der Waals surface area contributed by atoms with Gasteiger partial charge in [-0.05, 0) is 13.8 Å². The Hall–Kier alpha value is -0.160. The largest absolute Gasteiger partial charge is 0.344 e. The van der Waals surface area contributed by atoms with Crippen LogP contribution in [0.2, 0.25) is 0 Å². The van der Waals surface area contributed by atoms with Crippen molar-refractivity contribution in [2.75, 3.05) is 16.8 Å². The lowest BCUT2D eigenvalue weighted by molar-refractivity contribution is 0.703. The second-order valence-electron chi connectivity index (χ2n) is 3.32. The van der Waals surface area contributed by atoms with Crippen molar-refractivity contribution in [1.82, 2.24) is 9.36 Å². The van der Waals surface area contributed by atoms with Gasteiger partial charge in [0.2, 0.25) is 5.13 Å². The van der Waals surface area contributed by atoms with E-state index in [-0.39, 0.29) is 0 Å². The Balaban J connectivity index is 2.76. The van der Waals surface area contributed by atoms with E-state index in [9.17, 15) is 0 Å². The summed E-state index contributed by atoms with van der Waals surface area (Å²) in [6, 6.07) is 0.477. The fourth-order valence-corrected chi connectivity index (χ4v) is 2.46. The Morgan fingerprint density at radius 1 is 1.50 bits per heavy atom. The SMILES string of the molecule is CCc1nsc(N(CCBr)C(C)C)n1. The minimum atomic E-state index is 0.477. The third-order valence-corrected chi connectivity index (χ3v) is 3.11. The highest BCUT2D eigenvalue weighted by molar-refractivity contribution is 9.09. The van der Waals surface area contributed by atoms with Gasteiger partial charge in [0.05, 0.1) is 0 Å². The number of halogens is 1. The van der Waals surface area contributed by atoms with E-state index in [0.717, 1.165) is 29.3 Å². The Bertz CT molecular complexity index is 275. The van der Waals surface area contributed by atoms with Crippen LogP contribution in [0, 0.1) is 0 Å². The zero-order valence-corrected chi connectivity index (χ0v) is 11.2. The van der Waals surface area contributed by atoms with Crippen LogP contribution in [0.15, 0.2) is 0 Å². The van der Waals surface area contributed by atoms with Gasteiger partial charge in [-0.3, -0.25) is 0 Å². The molecule has 0 amide bonds. The van der Waals surface area contributed by atoms with Crippen LogP contribution in [0.3, 0.4) is 0 Å². The molecule has 3 nitrogen and oxygen atoms in total. The van der Waals surface area contributed by atoms with Crippen LogP contribution in [-0.2, 0) is 6.42 Å². The molecule has 14 heavy (non-hydrogen) atoms. The molecule has 0 unspecified atom stereocenters. The normalized spacial score (nSPS) is 10.9. The smallest absolute Gasteiger partial charge is 0.205 e. The average Bonchev–Trinajstić information content (AvgIpc) is 2.61. The monoisotopic (exact) mass is 277 g/mol. The van der Waals surface area contributed by atoms with Gasteiger partial charge in [-0.25, -0.2) is 4.98 Å². The first-order valence-electron chi connectivity index (χ1n) is 4.84. The molecular weight excluding hydrogens is 262 g/mol. The van der Waals surface area contributed by atoms with Crippen molar-refractivity contribution >= 4 is 32.6 Å². The molecule has 0 saturated carbocycles. The first-order valence-corrected chi connectivity index (χ1v) is 6.73. The number of hydrogen-bond acceptors (Lipinski definition) is 4. The van der Waals surface area contributed by atoms with Crippen molar-refractivity contribution in [3.63, 3.8) is 0 Å². The molecule has 0 spiro atoms. The molecule has 1 aromatic rings.